The van der Waals surface area contributed by atoms with E-state index >= 15 is 0 Å². The number of hydrogen-bond donors (Lipinski definition) is 3. The maximum atomic E-state index is 13.4. The number of fused-ring (bicyclic) bond motifs is 1. The number of H-pyrrole nitrogens is 1. The lowest BCUT2D eigenvalue weighted by Crippen LogP contribution is -2.33. The normalized spacial score (nSPS) is 11.7. The van der Waals surface area contributed by atoms with Crippen molar-refractivity contribution < 1.29 is 9.53 Å². The standard InChI is InChI=1S/C24H30N6O2/c1-29(2)10-5-11-30(16-17-6-4-7-20(12-17)32-3)24(31)22-13-18-8-9-21(19(14-25)15-26)27-23(18)28-22/h4,6-9,12-15,25H,5,10-11,16,26H2,1-3H3,(H,27,28)/b19-15+,25-14?. The Hall–Kier alpha value is -3.65. The first-order chi connectivity index (χ1) is 15.4. The zero-order valence-electron chi connectivity index (χ0n) is 18.8. The van der Waals surface area contributed by atoms with E-state index in [0.29, 0.717) is 35.7 Å². The van der Waals surface area contributed by atoms with Gasteiger partial charge in [0.15, 0.2) is 0 Å². The molecule has 0 aliphatic carbocycles. The molecule has 3 rings (SSSR count). The molecule has 0 aliphatic heterocycles. The monoisotopic (exact) mass is 434 g/mol. The van der Waals surface area contributed by atoms with Crippen LogP contribution >= 0.6 is 0 Å². The first-order valence-corrected chi connectivity index (χ1v) is 10.4. The molecule has 1 amide bonds. The average molecular weight is 435 g/mol. The van der Waals surface area contributed by atoms with Crippen molar-refractivity contribution in [1.29, 1.82) is 5.41 Å². The molecule has 0 radical (unpaired) electrons. The quantitative estimate of drug-likeness (QED) is 0.425. The van der Waals surface area contributed by atoms with E-state index < -0.39 is 0 Å². The van der Waals surface area contributed by atoms with Crippen molar-refractivity contribution in [1.82, 2.24) is 19.8 Å². The Bertz CT molecular complexity index is 1120. The predicted molar refractivity (Wildman–Crippen MR) is 128 cm³/mol. The molecular formula is C24H30N6O2. The van der Waals surface area contributed by atoms with Gasteiger partial charge in [0.25, 0.3) is 5.91 Å². The second-order valence-electron chi connectivity index (χ2n) is 7.82. The van der Waals surface area contributed by atoms with E-state index in [-0.39, 0.29) is 5.91 Å². The van der Waals surface area contributed by atoms with Gasteiger partial charge in [-0.25, -0.2) is 4.98 Å². The summed E-state index contributed by atoms with van der Waals surface area (Å²) in [4.78, 5) is 25.0. The number of rotatable bonds is 10. The first-order valence-electron chi connectivity index (χ1n) is 10.4. The number of nitrogens with two attached hydrogens (primary N) is 1. The van der Waals surface area contributed by atoms with Crippen LogP contribution < -0.4 is 10.5 Å². The van der Waals surface area contributed by atoms with Crippen LogP contribution in [0.2, 0.25) is 0 Å². The molecule has 0 saturated carbocycles. The van der Waals surface area contributed by atoms with E-state index in [4.69, 9.17) is 15.9 Å². The summed E-state index contributed by atoms with van der Waals surface area (Å²) in [6, 6.07) is 13.2. The number of carbonyl (C=O) groups excluding carboxylic acids is 1. The second-order valence-corrected chi connectivity index (χ2v) is 7.82. The lowest BCUT2D eigenvalue weighted by atomic mass is 10.1. The van der Waals surface area contributed by atoms with Gasteiger partial charge in [-0.2, -0.15) is 0 Å². The Morgan fingerprint density at radius 2 is 2.03 bits per heavy atom. The van der Waals surface area contributed by atoms with Gasteiger partial charge in [0, 0.05) is 36.5 Å². The molecule has 1 aromatic carbocycles. The van der Waals surface area contributed by atoms with Crippen LogP contribution in [0.1, 0.15) is 28.2 Å². The highest BCUT2D eigenvalue weighted by Crippen LogP contribution is 2.20. The van der Waals surface area contributed by atoms with Crippen LogP contribution in [0.3, 0.4) is 0 Å². The van der Waals surface area contributed by atoms with Crippen molar-refractivity contribution in [3.05, 3.63) is 65.6 Å². The third kappa shape index (κ3) is 5.53. The Labute approximate surface area is 188 Å². The van der Waals surface area contributed by atoms with Crippen LogP contribution in [0.25, 0.3) is 16.6 Å². The molecule has 8 heteroatoms. The number of carbonyl (C=O) groups is 1. The van der Waals surface area contributed by atoms with Gasteiger partial charge >= 0.3 is 0 Å². The third-order valence-electron chi connectivity index (χ3n) is 5.17. The Kier molecular flexibility index (Phi) is 7.62. The van der Waals surface area contributed by atoms with Gasteiger partial charge < -0.3 is 30.7 Å². The number of nitrogens with one attached hydrogen (secondary N) is 2. The SMILES string of the molecule is COc1cccc(CN(CCCN(C)C)C(=O)c2cc3ccc(/C(C=N)=C/N)nc3[nH]2)c1. The zero-order chi connectivity index (χ0) is 23.1. The van der Waals surface area contributed by atoms with Crippen LogP contribution in [0.5, 0.6) is 5.75 Å². The molecule has 0 bridgehead atoms. The van der Waals surface area contributed by atoms with Crippen molar-refractivity contribution in [2.75, 3.05) is 34.3 Å². The molecule has 0 aliphatic rings. The summed E-state index contributed by atoms with van der Waals surface area (Å²) >= 11 is 0. The van der Waals surface area contributed by atoms with E-state index in [9.17, 15) is 4.79 Å². The van der Waals surface area contributed by atoms with Crippen molar-refractivity contribution in [2.45, 2.75) is 13.0 Å². The number of aromatic amines is 1. The Morgan fingerprint density at radius 1 is 1.22 bits per heavy atom. The number of allylic oxidation sites excluding steroid dienone is 1. The summed E-state index contributed by atoms with van der Waals surface area (Å²) in [5.74, 6) is 0.674. The van der Waals surface area contributed by atoms with Crippen molar-refractivity contribution >= 4 is 28.7 Å². The van der Waals surface area contributed by atoms with Crippen LogP contribution in [0, 0.1) is 5.41 Å². The molecule has 168 valence electrons. The molecule has 2 heterocycles. The van der Waals surface area contributed by atoms with Gasteiger partial charge in [0.05, 0.1) is 12.8 Å². The minimum absolute atomic E-state index is 0.0900. The third-order valence-corrected chi connectivity index (χ3v) is 5.17. The summed E-state index contributed by atoms with van der Waals surface area (Å²) in [6.45, 7) is 1.98. The lowest BCUT2D eigenvalue weighted by molar-refractivity contribution is 0.0732. The fourth-order valence-corrected chi connectivity index (χ4v) is 3.48. The van der Waals surface area contributed by atoms with Crippen LogP contribution in [0.15, 0.2) is 48.7 Å². The molecule has 8 nitrogen and oxygen atoms in total. The van der Waals surface area contributed by atoms with E-state index in [1.54, 1.807) is 13.2 Å². The molecular weight excluding hydrogens is 404 g/mol. The van der Waals surface area contributed by atoms with Crippen molar-refractivity contribution in [3.8, 4) is 5.75 Å². The molecule has 32 heavy (non-hydrogen) atoms. The highest BCUT2D eigenvalue weighted by Gasteiger charge is 2.19. The number of hydrogen-bond acceptors (Lipinski definition) is 6. The van der Waals surface area contributed by atoms with Crippen LogP contribution in [-0.2, 0) is 6.54 Å². The average Bonchev–Trinajstić information content (AvgIpc) is 3.22. The maximum Gasteiger partial charge on any atom is 0.270 e. The maximum absolute atomic E-state index is 13.4. The van der Waals surface area contributed by atoms with Gasteiger partial charge in [-0.15, -0.1) is 0 Å². The molecule has 4 N–H and O–H groups in total. The van der Waals surface area contributed by atoms with Gasteiger partial charge in [-0.1, -0.05) is 12.1 Å². The van der Waals surface area contributed by atoms with Gasteiger partial charge in [-0.05, 0) is 63.0 Å². The van der Waals surface area contributed by atoms with Crippen LogP contribution in [0.4, 0.5) is 0 Å². The molecule has 2 aromatic heterocycles. The molecule has 0 fully saturated rings. The van der Waals surface area contributed by atoms with E-state index in [1.165, 1.54) is 6.20 Å². The van der Waals surface area contributed by atoms with Crippen molar-refractivity contribution in [2.24, 2.45) is 5.73 Å². The summed E-state index contributed by atoms with van der Waals surface area (Å²) < 4.78 is 5.33. The Morgan fingerprint density at radius 3 is 2.72 bits per heavy atom. The fraction of sp³-hybridized carbons (Fsp3) is 0.292. The number of methoxy groups -OCH3 is 1. The lowest BCUT2D eigenvalue weighted by Gasteiger charge is -2.23. The first kappa shape index (κ1) is 23.0. The van der Waals surface area contributed by atoms with Gasteiger partial charge in [0.2, 0.25) is 0 Å². The topological polar surface area (TPSA) is 111 Å². The van der Waals surface area contributed by atoms with E-state index in [2.05, 4.69) is 14.9 Å². The molecule has 0 spiro atoms. The minimum atomic E-state index is -0.0900. The largest absolute Gasteiger partial charge is 0.497 e. The van der Waals surface area contributed by atoms with E-state index in [1.807, 2.05) is 55.4 Å². The molecule has 0 saturated heterocycles. The summed E-state index contributed by atoms with van der Waals surface area (Å²) in [5, 5.41) is 8.30. The Balaban J connectivity index is 1.88. The number of benzene rings is 1. The van der Waals surface area contributed by atoms with Gasteiger partial charge in [-0.3, -0.25) is 4.79 Å². The summed E-state index contributed by atoms with van der Waals surface area (Å²) in [6.07, 6.45) is 3.36. The number of pyridine rings is 1. The van der Waals surface area contributed by atoms with Crippen molar-refractivity contribution in [3.63, 3.8) is 0 Å². The highest BCUT2D eigenvalue weighted by molar-refractivity contribution is 6.08. The number of ether oxygens (including phenoxy) is 1. The van der Waals surface area contributed by atoms with Crippen LogP contribution in [-0.4, -0.2) is 66.2 Å². The molecule has 3 aromatic rings. The molecule has 0 unspecified atom stereocenters. The predicted octanol–water partition coefficient (Wildman–Crippen LogP) is 3.11. The minimum Gasteiger partial charge on any atom is -0.497 e. The highest BCUT2D eigenvalue weighted by atomic mass is 16.5. The smallest absolute Gasteiger partial charge is 0.270 e. The number of amides is 1. The summed E-state index contributed by atoms with van der Waals surface area (Å²) in [7, 11) is 5.68. The van der Waals surface area contributed by atoms with E-state index in [0.717, 1.165) is 35.9 Å². The summed E-state index contributed by atoms with van der Waals surface area (Å²) in [5.41, 5.74) is 8.73. The number of aromatic nitrogens is 2. The molecule has 0 atom stereocenters. The fourth-order valence-electron chi connectivity index (χ4n) is 3.48. The number of nitrogens with zero attached hydrogens (tertiary/aromatic N) is 3. The second kappa shape index (κ2) is 10.6. The van der Waals surface area contributed by atoms with Gasteiger partial charge in [0.1, 0.15) is 17.1 Å². The zero-order valence-corrected chi connectivity index (χ0v) is 18.8.